The predicted molar refractivity (Wildman–Crippen MR) is 95.5 cm³/mol. The van der Waals surface area contributed by atoms with Crippen molar-refractivity contribution in [2.45, 2.75) is 25.8 Å². The van der Waals surface area contributed by atoms with E-state index in [-0.39, 0.29) is 23.5 Å². The van der Waals surface area contributed by atoms with Gasteiger partial charge >= 0.3 is 0 Å². The number of aryl methyl sites for hydroxylation is 1. The number of fused-ring (bicyclic) bond motifs is 1. The molecule has 7 heteroatoms. The number of amides is 1. The van der Waals surface area contributed by atoms with Crippen molar-refractivity contribution in [3.05, 3.63) is 35.6 Å². The number of nitrogens with zero attached hydrogens (tertiary/aromatic N) is 1. The summed E-state index contributed by atoms with van der Waals surface area (Å²) in [5, 5.41) is 0.904. The van der Waals surface area contributed by atoms with Crippen LogP contribution in [-0.4, -0.2) is 57.0 Å². The highest BCUT2D eigenvalue weighted by Gasteiger charge is 2.36. The molecule has 0 saturated carbocycles. The van der Waals surface area contributed by atoms with E-state index < -0.39 is 9.84 Å². The van der Waals surface area contributed by atoms with Crippen LogP contribution in [0.4, 0.5) is 0 Å². The number of para-hydroxylation sites is 1. The van der Waals surface area contributed by atoms with Crippen molar-refractivity contribution in [1.82, 2.24) is 4.90 Å². The number of carbonyl (C=O) groups is 1. The van der Waals surface area contributed by atoms with E-state index in [1.54, 1.807) is 12.0 Å². The number of hydrogen-bond donors (Lipinski definition) is 0. The number of rotatable bonds is 6. The Morgan fingerprint density at radius 2 is 2.12 bits per heavy atom. The molecule has 1 unspecified atom stereocenters. The van der Waals surface area contributed by atoms with Crippen LogP contribution in [0.2, 0.25) is 0 Å². The third-order valence-electron chi connectivity index (χ3n) is 4.70. The smallest absolute Gasteiger partial charge is 0.290 e. The summed E-state index contributed by atoms with van der Waals surface area (Å²) in [6.07, 6.45) is 1.12. The number of sulfone groups is 1. The Hall–Kier alpha value is -1.86. The molecule has 0 bridgehead atoms. The van der Waals surface area contributed by atoms with Gasteiger partial charge in [-0.3, -0.25) is 4.79 Å². The Balaban J connectivity index is 1.90. The third kappa shape index (κ3) is 3.72. The molecule has 6 nitrogen and oxygen atoms in total. The molecule has 0 spiro atoms. The second-order valence-corrected chi connectivity index (χ2v) is 8.68. The molecular weight excluding hydrogens is 342 g/mol. The molecule has 3 rings (SSSR count). The summed E-state index contributed by atoms with van der Waals surface area (Å²) in [7, 11) is -1.47. The second-order valence-electron chi connectivity index (χ2n) is 6.45. The zero-order valence-electron chi connectivity index (χ0n) is 14.5. The van der Waals surface area contributed by atoms with Crippen LogP contribution in [-0.2, 0) is 14.6 Å². The molecule has 136 valence electrons. The minimum atomic E-state index is -3.08. The normalized spacial score (nSPS) is 19.4. The van der Waals surface area contributed by atoms with E-state index in [1.165, 1.54) is 0 Å². The van der Waals surface area contributed by atoms with Gasteiger partial charge in [-0.25, -0.2) is 8.42 Å². The number of methoxy groups -OCH3 is 1. The zero-order chi connectivity index (χ0) is 18.0. The molecular formula is C18H23NO5S. The second kappa shape index (κ2) is 7.17. The van der Waals surface area contributed by atoms with Gasteiger partial charge in [0, 0.05) is 37.3 Å². The number of hydrogen-bond acceptors (Lipinski definition) is 5. The molecule has 1 fully saturated rings. The first kappa shape index (κ1) is 17.9. The Kier molecular flexibility index (Phi) is 5.15. The summed E-state index contributed by atoms with van der Waals surface area (Å²) in [5.74, 6) is 0.199. The Morgan fingerprint density at radius 3 is 2.76 bits per heavy atom. The number of furan rings is 1. The first-order chi connectivity index (χ1) is 11.9. The fourth-order valence-corrected chi connectivity index (χ4v) is 5.09. The summed E-state index contributed by atoms with van der Waals surface area (Å²) in [5.41, 5.74) is 1.46. The summed E-state index contributed by atoms with van der Waals surface area (Å²) >= 11 is 0. The highest BCUT2D eigenvalue weighted by molar-refractivity contribution is 7.91. The minimum absolute atomic E-state index is 0.0188. The largest absolute Gasteiger partial charge is 0.451 e. The van der Waals surface area contributed by atoms with Crippen LogP contribution in [0, 0.1) is 6.92 Å². The highest BCUT2D eigenvalue weighted by Crippen LogP contribution is 2.28. The molecule has 0 radical (unpaired) electrons. The fourth-order valence-electron chi connectivity index (χ4n) is 3.36. The van der Waals surface area contributed by atoms with Crippen molar-refractivity contribution >= 4 is 26.7 Å². The van der Waals surface area contributed by atoms with Gasteiger partial charge < -0.3 is 14.1 Å². The van der Waals surface area contributed by atoms with E-state index in [9.17, 15) is 13.2 Å². The molecule has 1 aliphatic rings. The average Bonchev–Trinajstić information content (AvgIpc) is 3.11. The molecule has 1 aromatic heterocycles. The van der Waals surface area contributed by atoms with E-state index in [2.05, 4.69) is 0 Å². The molecule has 2 aromatic rings. The maximum Gasteiger partial charge on any atom is 0.290 e. The summed E-state index contributed by atoms with van der Waals surface area (Å²) in [4.78, 5) is 14.8. The summed E-state index contributed by atoms with van der Waals surface area (Å²) in [6, 6.07) is 7.20. The Labute approximate surface area is 147 Å². The van der Waals surface area contributed by atoms with E-state index in [0.717, 1.165) is 10.9 Å². The number of benzene rings is 1. The predicted octanol–water partition coefficient (Wildman–Crippen LogP) is 2.41. The van der Waals surface area contributed by atoms with Gasteiger partial charge in [0.05, 0.1) is 11.5 Å². The molecule has 2 heterocycles. The molecule has 1 saturated heterocycles. The highest BCUT2D eigenvalue weighted by atomic mass is 32.2. The standard InChI is InChI=1S/C18H23NO5S/c1-13-15-6-3-4-7-16(15)24-17(13)18(20)19(9-5-10-23-2)14-8-11-25(21,22)12-14/h3-4,6-7,14H,5,8-12H2,1-2H3. The molecule has 1 atom stereocenters. The molecule has 0 N–H and O–H groups in total. The molecule has 25 heavy (non-hydrogen) atoms. The zero-order valence-corrected chi connectivity index (χ0v) is 15.3. The lowest BCUT2D eigenvalue weighted by molar-refractivity contribution is 0.0643. The first-order valence-electron chi connectivity index (χ1n) is 8.41. The van der Waals surface area contributed by atoms with Crippen LogP contribution in [0.15, 0.2) is 28.7 Å². The lowest BCUT2D eigenvalue weighted by Crippen LogP contribution is -2.42. The van der Waals surface area contributed by atoms with Gasteiger partial charge in [0.25, 0.3) is 5.91 Å². The van der Waals surface area contributed by atoms with E-state index in [1.807, 2.05) is 31.2 Å². The van der Waals surface area contributed by atoms with Gasteiger partial charge in [-0.1, -0.05) is 18.2 Å². The maximum absolute atomic E-state index is 13.1. The van der Waals surface area contributed by atoms with Crippen LogP contribution < -0.4 is 0 Å². The van der Waals surface area contributed by atoms with E-state index >= 15 is 0 Å². The minimum Gasteiger partial charge on any atom is -0.451 e. The van der Waals surface area contributed by atoms with Gasteiger partial charge in [-0.2, -0.15) is 0 Å². The van der Waals surface area contributed by atoms with Crippen molar-refractivity contribution in [2.24, 2.45) is 0 Å². The van der Waals surface area contributed by atoms with Crippen LogP contribution in [0.3, 0.4) is 0 Å². The van der Waals surface area contributed by atoms with Crippen LogP contribution >= 0.6 is 0 Å². The summed E-state index contributed by atoms with van der Waals surface area (Å²) < 4.78 is 34.6. The van der Waals surface area contributed by atoms with Gasteiger partial charge in [-0.15, -0.1) is 0 Å². The maximum atomic E-state index is 13.1. The van der Waals surface area contributed by atoms with Crippen LogP contribution in [0.25, 0.3) is 11.0 Å². The molecule has 1 aromatic carbocycles. The lowest BCUT2D eigenvalue weighted by Gasteiger charge is -2.27. The number of ether oxygens (including phenoxy) is 1. The monoisotopic (exact) mass is 365 g/mol. The molecule has 1 aliphatic heterocycles. The Bertz CT molecular complexity index is 871. The quantitative estimate of drug-likeness (QED) is 0.735. The van der Waals surface area contributed by atoms with Crippen molar-refractivity contribution < 1.29 is 22.4 Å². The van der Waals surface area contributed by atoms with E-state index in [4.69, 9.17) is 9.15 Å². The van der Waals surface area contributed by atoms with Crippen molar-refractivity contribution in [1.29, 1.82) is 0 Å². The lowest BCUT2D eigenvalue weighted by atomic mass is 10.1. The number of carbonyl (C=O) groups excluding carboxylic acids is 1. The Morgan fingerprint density at radius 1 is 1.36 bits per heavy atom. The molecule has 1 amide bonds. The van der Waals surface area contributed by atoms with Crippen molar-refractivity contribution in [3.8, 4) is 0 Å². The topological polar surface area (TPSA) is 76.8 Å². The van der Waals surface area contributed by atoms with Crippen molar-refractivity contribution in [2.75, 3.05) is 31.8 Å². The fraction of sp³-hybridized carbons (Fsp3) is 0.500. The van der Waals surface area contributed by atoms with Gasteiger partial charge in [-0.05, 0) is 25.8 Å². The van der Waals surface area contributed by atoms with E-state index in [0.29, 0.717) is 37.3 Å². The first-order valence-corrected chi connectivity index (χ1v) is 10.2. The SMILES string of the molecule is COCCCN(C(=O)c1oc2ccccc2c1C)C1CCS(=O)(=O)C1. The third-order valence-corrected chi connectivity index (χ3v) is 6.45. The van der Waals surface area contributed by atoms with Crippen LogP contribution in [0.1, 0.15) is 29.0 Å². The van der Waals surface area contributed by atoms with Gasteiger partial charge in [0.2, 0.25) is 0 Å². The molecule has 0 aliphatic carbocycles. The van der Waals surface area contributed by atoms with Gasteiger partial charge in [0.15, 0.2) is 15.6 Å². The van der Waals surface area contributed by atoms with Crippen molar-refractivity contribution in [3.63, 3.8) is 0 Å². The summed E-state index contributed by atoms with van der Waals surface area (Å²) in [6.45, 7) is 2.82. The average molecular weight is 365 g/mol. The van der Waals surface area contributed by atoms with Crippen LogP contribution in [0.5, 0.6) is 0 Å². The van der Waals surface area contributed by atoms with Gasteiger partial charge in [0.1, 0.15) is 5.58 Å².